The summed E-state index contributed by atoms with van der Waals surface area (Å²) in [7, 11) is 1.74. The van der Waals surface area contributed by atoms with Crippen LogP contribution in [0, 0.1) is 12.8 Å². The van der Waals surface area contributed by atoms with Gasteiger partial charge < -0.3 is 9.88 Å². The first-order valence-corrected chi connectivity index (χ1v) is 8.35. The molecule has 0 saturated heterocycles. The zero-order chi connectivity index (χ0) is 15.9. The predicted molar refractivity (Wildman–Crippen MR) is 88.4 cm³/mol. The highest BCUT2D eigenvalue weighted by Crippen LogP contribution is 2.50. The Kier molecular flexibility index (Phi) is 4.10. The van der Waals surface area contributed by atoms with Gasteiger partial charge in [-0.25, -0.2) is 0 Å². The Morgan fingerprint density at radius 2 is 2.18 bits per heavy atom. The number of carbonyl (C=O) groups excluding carboxylic acids is 1. The zero-order valence-corrected chi connectivity index (χ0v) is 14.0. The fourth-order valence-corrected chi connectivity index (χ4v) is 3.79. The van der Waals surface area contributed by atoms with Crippen LogP contribution < -0.4 is 10.9 Å². The van der Waals surface area contributed by atoms with Gasteiger partial charge in [0.1, 0.15) is 0 Å². The minimum Gasteiger partial charge on any atom is -0.352 e. The molecule has 2 aromatic heterocycles. The molecule has 3 rings (SSSR count). The van der Waals surface area contributed by atoms with Gasteiger partial charge in [0.15, 0.2) is 0 Å². The van der Waals surface area contributed by atoms with E-state index < -0.39 is 0 Å². The average molecular weight is 337 g/mol. The molecular weight excluding hydrogens is 320 g/mol. The number of hydrogen-bond acceptors (Lipinski definition) is 3. The summed E-state index contributed by atoms with van der Waals surface area (Å²) < 4.78 is 2.35. The van der Waals surface area contributed by atoms with E-state index in [1.54, 1.807) is 17.7 Å². The van der Waals surface area contributed by atoms with Gasteiger partial charge in [-0.2, -0.15) is 0 Å². The Labute approximate surface area is 137 Å². The molecule has 1 amide bonds. The largest absolute Gasteiger partial charge is 0.352 e. The van der Waals surface area contributed by atoms with Crippen molar-refractivity contribution < 1.29 is 4.79 Å². The number of aromatic nitrogens is 1. The van der Waals surface area contributed by atoms with Crippen molar-refractivity contribution in [2.75, 3.05) is 0 Å². The number of hydrogen-bond donors (Lipinski definition) is 1. The summed E-state index contributed by atoms with van der Waals surface area (Å²) >= 11 is 7.46. The van der Waals surface area contributed by atoms with E-state index in [9.17, 15) is 9.59 Å². The lowest BCUT2D eigenvalue weighted by atomic mass is 10.2. The van der Waals surface area contributed by atoms with E-state index in [1.165, 1.54) is 11.3 Å². The monoisotopic (exact) mass is 336 g/mol. The van der Waals surface area contributed by atoms with Crippen molar-refractivity contribution in [2.24, 2.45) is 13.0 Å². The summed E-state index contributed by atoms with van der Waals surface area (Å²) in [6.07, 6.45) is 0.856. The second-order valence-electron chi connectivity index (χ2n) is 5.67. The summed E-state index contributed by atoms with van der Waals surface area (Å²) in [5, 5.41) is 2.87. The molecule has 1 aliphatic carbocycles. The highest BCUT2D eigenvalue weighted by Gasteiger charge is 2.44. The lowest BCUT2D eigenvalue weighted by molar-refractivity contribution is -0.122. The summed E-state index contributed by atoms with van der Waals surface area (Å²) in [5.41, 5.74) is 1.45. The highest BCUT2D eigenvalue weighted by atomic mass is 35.5. The lowest BCUT2D eigenvalue weighted by Gasteiger charge is -2.08. The van der Waals surface area contributed by atoms with Crippen molar-refractivity contribution in [3.63, 3.8) is 0 Å². The normalized spacial score (nSPS) is 20.0. The number of aryl methyl sites for hydroxylation is 1. The minimum absolute atomic E-state index is 0.00372. The number of amides is 1. The third kappa shape index (κ3) is 2.96. The van der Waals surface area contributed by atoms with Gasteiger partial charge >= 0.3 is 0 Å². The Balaban J connectivity index is 1.60. The van der Waals surface area contributed by atoms with Crippen LogP contribution in [0.4, 0.5) is 0 Å². The quantitative estimate of drug-likeness (QED) is 0.933. The molecule has 0 aliphatic heterocycles. The van der Waals surface area contributed by atoms with E-state index in [0.717, 1.165) is 21.3 Å². The van der Waals surface area contributed by atoms with Gasteiger partial charge in [-0.3, -0.25) is 9.59 Å². The number of carbonyl (C=O) groups is 1. The van der Waals surface area contributed by atoms with E-state index in [4.69, 9.17) is 11.6 Å². The SMILES string of the molecule is Cc1ccc(CNC(=O)[C@@H]2C[C@H]2c2ccc(Cl)s2)c(=O)n1C. The van der Waals surface area contributed by atoms with Crippen molar-refractivity contribution in [3.8, 4) is 0 Å². The first-order valence-electron chi connectivity index (χ1n) is 7.16. The predicted octanol–water partition coefficient (Wildman–Crippen LogP) is 2.83. The van der Waals surface area contributed by atoms with Gasteiger partial charge in [0.2, 0.25) is 5.91 Å². The number of pyridine rings is 1. The van der Waals surface area contributed by atoms with Crippen LogP contribution in [0.15, 0.2) is 29.1 Å². The van der Waals surface area contributed by atoms with Crippen molar-refractivity contribution in [3.05, 3.63) is 55.1 Å². The summed E-state index contributed by atoms with van der Waals surface area (Å²) in [6, 6.07) is 7.52. The van der Waals surface area contributed by atoms with Crippen LogP contribution in [-0.4, -0.2) is 10.5 Å². The van der Waals surface area contributed by atoms with Gasteiger partial charge in [0, 0.05) is 41.6 Å². The van der Waals surface area contributed by atoms with Crippen LogP contribution in [0.2, 0.25) is 4.34 Å². The molecule has 0 radical (unpaired) electrons. The molecule has 0 aromatic carbocycles. The number of thiophene rings is 1. The van der Waals surface area contributed by atoms with Crippen LogP contribution in [0.5, 0.6) is 0 Å². The Morgan fingerprint density at radius 3 is 2.86 bits per heavy atom. The topological polar surface area (TPSA) is 51.1 Å². The fraction of sp³-hybridized carbons (Fsp3) is 0.375. The van der Waals surface area contributed by atoms with Crippen molar-refractivity contribution in [1.82, 2.24) is 9.88 Å². The first kappa shape index (κ1) is 15.3. The second-order valence-corrected chi connectivity index (χ2v) is 7.42. The number of halogens is 1. The molecule has 6 heteroatoms. The van der Waals surface area contributed by atoms with Crippen LogP contribution >= 0.6 is 22.9 Å². The molecule has 4 nitrogen and oxygen atoms in total. The van der Waals surface area contributed by atoms with Crippen LogP contribution in [0.1, 0.15) is 28.5 Å². The zero-order valence-electron chi connectivity index (χ0n) is 12.4. The van der Waals surface area contributed by atoms with Crippen LogP contribution in [0.25, 0.3) is 0 Å². The molecule has 2 aromatic rings. The van der Waals surface area contributed by atoms with Crippen LogP contribution in [0.3, 0.4) is 0 Å². The van der Waals surface area contributed by atoms with E-state index in [1.807, 2.05) is 25.1 Å². The van der Waals surface area contributed by atoms with Crippen LogP contribution in [-0.2, 0) is 18.4 Å². The molecule has 0 unspecified atom stereocenters. The molecule has 1 fully saturated rings. The smallest absolute Gasteiger partial charge is 0.255 e. The third-order valence-electron chi connectivity index (χ3n) is 4.17. The lowest BCUT2D eigenvalue weighted by Crippen LogP contribution is -2.30. The number of nitrogens with one attached hydrogen (secondary N) is 1. The molecule has 116 valence electrons. The molecule has 1 aliphatic rings. The summed E-state index contributed by atoms with van der Waals surface area (Å²) in [4.78, 5) is 25.4. The average Bonchev–Trinajstić information content (AvgIpc) is 3.19. The maximum absolute atomic E-state index is 12.2. The van der Waals surface area contributed by atoms with Gasteiger partial charge in [0.05, 0.1) is 4.34 Å². The fourth-order valence-electron chi connectivity index (χ4n) is 2.55. The summed E-state index contributed by atoms with van der Waals surface area (Å²) in [5.74, 6) is 0.291. The number of nitrogens with zero attached hydrogens (tertiary/aromatic N) is 1. The minimum atomic E-state index is -0.0577. The van der Waals surface area contributed by atoms with Gasteiger partial charge in [0.25, 0.3) is 5.56 Å². The van der Waals surface area contributed by atoms with E-state index in [2.05, 4.69) is 5.32 Å². The standard InChI is InChI=1S/C16H17ClN2O2S/c1-9-3-4-10(16(21)19(9)2)8-18-15(20)12-7-11(12)13-5-6-14(17)22-13/h3-6,11-12H,7-8H2,1-2H3,(H,18,20)/t11-,12-/m1/s1. The van der Waals surface area contributed by atoms with Gasteiger partial charge in [-0.15, -0.1) is 11.3 Å². The third-order valence-corrected chi connectivity index (χ3v) is 5.54. The summed E-state index contributed by atoms with van der Waals surface area (Å²) in [6.45, 7) is 2.16. The molecule has 1 saturated carbocycles. The van der Waals surface area contributed by atoms with E-state index in [0.29, 0.717) is 5.56 Å². The highest BCUT2D eigenvalue weighted by molar-refractivity contribution is 7.16. The van der Waals surface area contributed by atoms with E-state index in [-0.39, 0.29) is 29.8 Å². The molecule has 2 atom stereocenters. The van der Waals surface area contributed by atoms with E-state index >= 15 is 0 Å². The molecular formula is C16H17ClN2O2S. The maximum Gasteiger partial charge on any atom is 0.255 e. The molecule has 1 N–H and O–H groups in total. The van der Waals surface area contributed by atoms with Crippen molar-refractivity contribution in [2.45, 2.75) is 25.8 Å². The van der Waals surface area contributed by atoms with Gasteiger partial charge in [-0.05, 0) is 31.5 Å². The Hall–Kier alpha value is -1.59. The van der Waals surface area contributed by atoms with Gasteiger partial charge in [-0.1, -0.05) is 17.7 Å². The van der Waals surface area contributed by atoms with Crippen molar-refractivity contribution >= 4 is 28.8 Å². The Bertz CT molecular complexity index is 781. The second kappa shape index (κ2) is 5.89. The molecule has 22 heavy (non-hydrogen) atoms. The molecule has 2 heterocycles. The Morgan fingerprint density at radius 1 is 1.41 bits per heavy atom. The maximum atomic E-state index is 12.2. The molecule has 0 bridgehead atoms. The molecule has 0 spiro atoms. The first-order chi connectivity index (χ1) is 10.5. The van der Waals surface area contributed by atoms with Crippen molar-refractivity contribution in [1.29, 1.82) is 0 Å². The number of rotatable bonds is 4.